The normalized spacial score (nSPS) is 35.7. The Bertz CT molecular complexity index is 268. The van der Waals surface area contributed by atoms with E-state index in [0.717, 1.165) is 0 Å². The Morgan fingerprint density at radius 2 is 2.08 bits per heavy atom. The van der Waals surface area contributed by atoms with Crippen molar-refractivity contribution in [3.05, 3.63) is 0 Å². The maximum Gasteiger partial charge on any atom is 0.317 e. The second-order valence-corrected chi connectivity index (χ2v) is 3.44. The van der Waals surface area contributed by atoms with Gasteiger partial charge in [0.2, 0.25) is 11.6 Å². The summed E-state index contributed by atoms with van der Waals surface area (Å²) in [6.45, 7) is 2.88. The predicted octanol–water partition coefficient (Wildman–Crippen LogP) is 0.255. The first-order valence-corrected chi connectivity index (χ1v) is 3.71. The molecule has 0 aromatic heterocycles. The minimum atomic E-state index is -1.48. The highest BCUT2D eigenvalue weighted by molar-refractivity contribution is 6.45. The van der Waals surface area contributed by atoms with Crippen LogP contribution in [0.1, 0.15) is 20.3 Å². The molecule has 0 aliphatic heterocycles. The number of carboxylic acid groups (broad SMARTS) is 1. The molecule has 12 heavy (non-hydrogen) atoms. The summed E-state index contributed by atoms with van der Waals surface area (Å²) in [5.74, 6) is -2.97. The van der Waals surface area contributed by atoms with Gasteiger partial charge < -0.3 is 5.11 Å². The van der Waals surface area contributed by atoms with Crippen molar-refractivity contribution in [2.45, 2.75) is 20.3 Å². The van der Waals surface area contributed by atoms with E-state index in [1.165, 1.54) is 6.92 Å². The highest BCUT2D eigenvalue weighted by Crippen LogP contribution is 2.35. The van der Waals surface area contributed by atoms with Gasteiger partial charge in [-0.05, 0) is 13.3 Å². The molecule has 0 heterocycles. The summed E-state index contributed by atoms with van der Waals surface area (Å²) < 4.78 is 0. The fourth-order valence-electron chi connectivity index (χ4n) is 1.48. The molecule has 66 valence electrons. The number of hydrogen-bond acceptors (Lipinski definition) is 3. The van der Waals surface area contributed by atoms with Gasteiger partial charge >= 0.3 is 5.97 Å². The van der Waals surface area contributed by atoms with Crippen LogP contribution in [0.3, 0.4) is 0 Å². The summed E-state index contributed by atoms with van der Waals surface area (Å²) in [5.41, 5.74) is -1.48. The van der Waals surface area contributed by atoms with E-state index < -0.39 is 28.9 Å². The van der Waals surface area contributed by atoms with Crippen LogP contribution in [0.2, 0.25) is 0 Å². The van der Waals surface area contributed by atoms with Crippen molar-refractivity contribution in [2.75, 3.05) is 0 Å². The number of carbonyl (C=O) groups is 3. The average Bonchev–Trinajstić information content (AvgIpc) is 2.17. The number of hydrogen-bond donors (Lipinski definition) is 1. The minimum absolute atomic E-state index is 0.125. The van der Waals surface area contributed by atoms with Crippen LogP contribution in [-0.2, 0) is 14.4 Å². The molecular formula is C8H10O4. The van der Waals surface area contributed by atoms with Gasteiger partial charge in [-0.2, -0.15) is 0 Å². The molecule has 0 saturated heterocycles. The summed E-state index contributed by atoms with van der Waals surface area (Å²) in [5, 5.41) is 8.71. The standard InChI is InChI=1S/C8H10O4/c1-4-3-8(2,7(11)12)6(10)5(4)9/h4H,3H2,1-2H3,(H,11,12). The first-order valence-electron chi connectivity index (χ1n) is 3.71. The van der Waals surface area contributed by atoms with E-state index in [2.05, 4.69) is 0 Å². The van der Waals surface area contributed by atoms with Crippen molar-refractivity contribution < 1.29 is 19.5 Å². The number of rotatable bonds is 1. The van der Waals surface area contributed by atoms with Crippen LogP contribution in [0, 0.1) is 11.3 Å². The number of ketones is 2. The van der Waals surface area contributed by atoms with Crippen LogP contribution in [0.5, 0.6) is 0 Å². The lowest BCUT2D eigenvalue weighted by Crippen LogP contribution is -2.33. The van der Waals surface area contributed by atoms with Crippen molar-refractivity contribution in [1.82, 2.24) is 0 Å². The fraction of sp³-hybridized carbons (Fsp3) is 0.625. The zero-order chi connectivity index (χ0) is 9.52. The van der Waals surface area contributed by atoms with Crippen molar-refractivity contribution in [3.63, 3.8) is 0 Å². The van der Waals surface area contributed by atoms with E-state index in [1.807, 2.05) is 0 Å². The fourth-order valence-corrected chi connectivity index (χ4v) is 1.48. The van der Waals surface area contributed by atoms with E-state index in [-0.39, 0.29) is 6.42 Å². The lowest BCUT2D eigenvalue weighted by atomic mass is 9.87. The van der Waals surface area contributed by atoms with Gasteiger partial charge in [0.25, 0.3) is 0 Å². The molecular weight excluding hydrogens is 160 g/mol. The number of Topliss-reactive ketones (excluding diaryl/α,β-unsaturated/α-hetero) is 2. The third-order valence-electron chi connectivity index (χ3n) is 2.36. The van der Waals surface area contributed by atoms with Crippen LogP contribution < -0.4 is 0 Å². The number of carbonyl (C=O) groups excluding carboxylic acids is 2. The van der Waals surface area contributed by atoms with Crippen molar-refractivity contribution in [2.24, 2.45) is 11.3 Å². The predicted molar refractivity (Wildman–Crippen MR) is 39.5 cm³/mol. The summed E-state index contributed by atoms with van der Waals surface area (Å²) in [6, 6.07) is 0. The van der Waals surface area contributed by atoms with Crippen LogP contribution in [0.25, 0.3) is 0 Å². The van der Waals surface area contributed by atoms with E-state index >= 15 is 0 Å². The van der Waals surface area contributed by atoms with Gasteiger partial charge in [-0.25, -0.2) is 0 Å². The molecule has 0 spiro atoms. The Morgan fingerprint density at radius 1 is 1.58 bits per heavy atom. The number of carboxylic acids is 1. The van der Waals surface area contributed by atoms with Gasteiger partial charge in [0, 0.05) is 5.92 Å². The Kier molecular flexibility index (Phi) is 1.78. The van der Waals surface area contributed by atoms with E-state index in [0.29, 0.717) is 0 Å². The zero-order valence-corrected chi connectivity index (χ0v) is 6.96. The van der Waals surface area contributed by atoms with Crippen LogP contribution in [0.4, 0.5) is 0 Å². The molecule has 1 N–H and O–H groups in total. The monoisotopic (exact) mass is 170 g/mol. The smallest absolute Gasteiger partial charge is 0.317 e. The quantitative estimate of drug-likeness (QED) is 0.452. The molecule has 0 amide bonds. The molecule has 0 bridgehead atoms. The van der Waals surface area contributed by atoms with Crippen LogP contribution in [-0.4, -0.2) is 22.6 Å². The Hall–Kier alpha value is -1.19. The molecule has 0 aromatic rings. The van der Waals surface area contributed by atoms with Gasteiger partial charge in [0.1, 0.15) is 5.41 Å². The van der Waals surface area contributed by atoms with Crippen molar-refractivity contribution in [1.29, 1.82) is 0 Å². The molecule has 1 aliphatic rings. The van der Waals surface area contributed by atoms with E-state index in [9.17, 15) is 14.4 Å². The molecule has 1 aliphatic carbocycles. The maximum atomic E-state index is 11.1. The third kappa shape index (κ3) is 0.948. The molecule has 1 rings (SSSR count). The van der Waals surface area contributed by atoms with Gasteiger partial charge in [-0.1, -0.05) is 6.92 Å². The van der Waals surface area contributed by atoms with Gasteiger partial charge in [0.15, 0.2) is 0 Å². The largest absolute Gasteiger partial charge is 0.480 e. The zero-order valence-electron chi connectivity index (χ0n) is 6.96. The Balaban J connectivity index is 3.05. The van der Waals surface area contributed by atoms with Crippen molar-refractivity contribution >= 4 is 17.5 Å². The second kappa shape index (κ2) is 2.40. The van der Waals surface area contributed by atoms with Crippen LogP contribution >= 0.6 is 0 Å². The van der Waals surface area contributed by atoms with Crippen LogP contribution in [0.15, 0.2) is 0 Å². The summed E-state index contributed by atoms with van der Waals surface area (Å²) in [6.07, 6.45) is 0.125. The Morgan fingerprint density at radius 3 is 2.25 bits per heavy atom. The van der Waals surface area contributed by atoms with Gasteiger partial charge in [-0.15, -0.1) is 0 Å². The first kappa shape index (κ1) is 8.90. The topological polar surface area (TPSA) is 71.4 Å². The maximum absolute atomic E-state index is 11.1. The summed E-state index contributed by atoms with van der Waals surface area (Å²) in [4.78, 5) is 32.8. The lowest BCUT2D eigenvalue weighted by Gasteiger charge is -2.13. The second-order valence-electron chi connectivity index (χ2n) is 3.44. The van der Waals surface area contributed by atoms with E-state index in [4.69, 9.17) is 5.11 Å². The third-order valence-corrected chi connectivity index (χ3v) is 2.36. The first-order chi connectivity index (χ1) is 5.39. The molecule has 2 atom stereocenters. The highest BCUT2D eigenvalue weighted by atomic mass is 16.4. The lowest BCUT2D eigenvalue weighted by molar-refractivity contribution is -0.154. The Labute approximate surface area is 69.6 Å². The highest BCUT2D eigenvalue weighted by Gasteiger charge is 2.53. The summed E-state index contributed by atoms with van der Waals surface area (Å²) >= 11 is 0. The van der Waals surface area contributed by atoms with Gasteiger partial charge in [-0.3, -0.25) is 14.4 Å². The van der Waals surface area contributed by atoms with Gasteiger partial charge in [0.05, 0.1) is 0 Å². The molecule has 0 radical (unpaired) electrons. The molecule has 4 heteroatoms. The van der Waals surface area contributed by atoms with Crippen molar-refractivity contribution in [3.8, 4) is 0 Å². The average molecular weight is 170 g/mol. The summed E-state index contributed by atoms with van der Waals surface area (Å²) in [7, 11) is 0. The SMILES string of the molecule is CC1CC(C)(C(=O)O)C(=O)C1=O. The molecule has 1 saturated carbocycles. The molecule has 0 aromatic carbocycles. The molecule has 1 fully saturated rings. The molecule has 4 nitrogen and oxygen atoms in total. The number of aliphatic carboxylic acids is 1. The molecule has 2 unspecified atom stereocenters. The minimum Gasteiger partial charge on any atom is -0.480 e. The van der Waals surface area contributed by atoms with E-state index in [1.54, 1.807) is 6.92 Å².